The third-order valence-electron chi connectivity index (χ3n) is 1.90. The predicted molar refractivity (Wildman–Crippen MR) is 55.5 cm³/mol. The second kappa shape index (κ2) is 4.84. The van der Waals surface area contributed by atoms with Crippen molar-refractivity contribution in [2.24, 2.45) is 0 Å². The quantitative estimate of drug-likeness (QED) is 0.746. The molecule has 2 N–H and O–H groups in total. The Balaban J connectivity index is 2.77. The molecule has 1 aromatic heterocycles. The second-order valence-corrected chi connectivity index (χ2v) is 3.54. The van der Waals surface area contributed by atoms with E-state index in [1.807, 2.05) is 0 Å². The Labute approximate surface area is 88.5 Å². The van der Waals surface area contributed by atoms with Gasteiger partial charge in [-0.25, -0.2) is 0 Å². The largest absolute Gasteiger partial charge is 0.392 e. The number of carbonyl (C=O) groups is 1. The minimum Gasteiger partial charge on any atom is -0.392 e. The van der Waals surface area contributed by atoms with Crippen LogP contribution in [0.3, 0.4) is 0 Å². The van der Waals surface area contributed by atoms with E-state index in [0.717, 1.165) is 0 Å². The number of aryl methyl sites for hydroxylation is 2. The van der Waals surface area contributed by atoms with Gasteiger partial charge in [0.2, 0.25) is 0 Å². The van der Waals surface area contributed by atoms with Crippen LogP contribution in [0.1, 0.15) is 28.7 Å². The van der Waals surface area contributed by atoms with E-state index in [1.165, 1.54) is 0 Å². The molecule has 0 unspecified atom stereocenters. The monoisotopic (exact) mass is 209 g/mol. The number of nitrogens with one attached hydrogen (secondary N) is 1. The number of aliphatic hydroxyl groups is 1. The van der Waals surface area contributed by atoms with Gasteiger partial charge >= 0.3 is 0 Å². The maximum Gasteiger partial charge on any atom is 0.253 e. The van der Waals surface area contributed by atoms with E-state index in [0.29, 0.717) is 17.0 Å². The average Bonchev–Trinajstić information content (AvgIpc) is 2.18. The van der Waals surface area contributed by atoms with Crippen LogP contribution in [0, 0.1) is 13.8 Å². The molecule has 0 fully saturated rings. The van der Waals surface area contributed by atoms with Gasteiger partial charge in [-0.1, -0.05) is 0 Å². The van der Waals surface area contributed by atoms with Crippen LogP contribution in [0.5, 0.6) is 0 Å². The lowest BCUT2D eigenvalue weighted by Gasteiger charge is -2.08. The third-order valence-corrected chi connectivity index (χ3v) is 1.90. The Morgan fingerprint density at radius 1 is 1.53 bits per heavy atom. The summed E-state index contributed by atoms with van der Waals surface area (Å²) in [6.07, 6.45) is -0.551. The number of amides is 1. The first-order valence-corrected chi connectivity index (χ1v) is 4.78. The predicted octanol–water partition coefficient (Wildman–Crippen LogP) is 0.204. The molecule has 0 spiro atoms. The molecule has 0 aliphatic carbocycles. The fourth-order valence-corrected chi connectivity index (χ4v) is 1.12. The molecule has 1 atom stereocenters. The number of carbonyl (C=O) groups excluding carboxylic acids is 1. The molecular formula is C10H15N3O2. The first kappa shape index (κ1) is 11.6. The van der Waals surface area contributed by atoms with Crippen molar-refractivity contribution in [3.8, 4) is 0 Å². The summed E-state index contributed by atoms with van der Waals surface area (Å²) >= 11 is 0. The maximum atomic E-state index is 11.6. The fourth-order valence-electron chi connectivity index (χ4n) is 1.12. The maximum absolute atomic E-state index is 11.6. The summed E-state index contributed by atoms with van der Waals surface area (Å²) in [5.74, 6) is -0.230. The molecule has 82 valence electrons. The number of aromatic nitrogens is 2. The molecule has 1 aromatic rings. The van der Waals surface area contributed by atoms with Gasteiger partial charge in [0.1, 0.15) is 0 Å². The summed E-state index contributed by atoms with van der Waals surface area (Å²) in [6.45, 7) is 5.35. The molecule has 1 heterocycles. The van der Waals surface area contributed by atoms with Crippen molar-refractivity contribution in [2.75, 3.05) is 6.54 Å². The van der Waals surface area contributed by atoms with E-state index >= 15 is 0 Å². The van der Waals surface area contributed by atoms with Crippen LogP contribution in [0.25, 0.3) is 0 Å². The summed E-state index contributed by atoms with van der Waals surface area (Å²) in [5, 5.41) is 19.3. The molecule has 0 saturated carbocycles. The van der Waals surface area contributed by atoms with Crippen molar-refractivity contribution < 1.29 is 9.90 Å². The molecule has 0 bridgehead atoms. The van der Waals surface area contributed by atoms with Crippen LogP contribution in [0.2, 0.25) is 0 Å². The molecule has 1 amide bonds. The Hall–Kier alpha value is -1.49. The Morgan fingerprint density at radius 3 is 2.80 bits per heavy atom. The SMILES string of the molecule is Cc1cc(C(=O)NC[C@@H](C)O)c(C)nn1. The molecule has 0 aliphatic rings. The van der Waals surface area contributed by atoms with Gasteiger partial charge in [0.15, 0.2) is 0 Å². The van der Waals surface area contributed by atoms with Crippen molar-refractivity contribution in [3.05, 3.63) is 23.0 Å². The van der Waals surface area contributed by atoms with E-state index in [1.54, 1.807) is 26.8 Å². The molecule has 0 aliphatic heterocycles. The lowest BCUT2D eigenvalue weighted by Crippen LogP contribution is -2.31. The lowest BCUT2D eigenvalue weighted by atomic mass is 10.2. The first-order chi connectivity index (χ1) is 7.00. The smallest absolute Gasteiger partial charge is 0.253 e. The lowest BCUT2D eigenvalue weighted by molar-refractivity contribution is 0.0922. The molecule has 15 heavy (non-hydrogen) atoms. The van der Waals surface area contributed by atoms with Gasteiger partial charge in [-0.05, 0) is 26.8 Å². The van der Waals surface area contributed by atoms with Crippen molar-refractivity contribution in [1.82, 2.24) is 15.5 Å². The molecule has 0 saturated heterocycles. The van der Waals surface area contributed by atoms with Crippen LogP contribution in [-0.4, -0.2) is 33.9 Å². The van der Waals surface area contributed by atoms with Crippen molar-refractivity contribution in [1.29, 1.82) is 0 Å². The summed E-state index contributed by atoms with van der Waals surface area (Å²) in [5.41, 5.74) is 1.79. The molecule has 0 aromatic carbocycles. The average molecular weight is 209 g/mol. The van der Waals surface area contributed by atoms with Crippen LogP contribution >= 0.6 is 0 Å². The molecule has 0 radical (unpaired) electrons. The van der Waals surface area contributed by atoms with Gasteiger partial charge in [0.05, 0.1) is 23.1 Å². The van der Waals surface area contributed by atoms with E-state index in [-0.39, 0.29) is 12.5 Å². The topological polar surface area (TPSA) is 75.1 Å². The number of aliphatic hydroxyl groups excluding tert-OH is 1. The zero-order chi connectivity index (χ0) is 11.4. The Bertz CT molecular complexity index is 364. The zero-order valence-electron chi connectivity index (χ0n) is 9.11. The third kappa shape index (κ3) is 3.28. The highest BCUT2D eigenvalue weighted by molar-refractivity contribution is 5.95. The minimum absolute atomic E-state index is 0.230. The van der Waals surface area contributed by atoms with Gasteiger partial charge in [-0.15, -0.1) is 0 Å². The van der Waals surface area contributed by atoms with E-state index in [4.69, 9.17) is 5.11 Å². The van der Waals surface area contributed by atoms with Gasteiger partial charge < -0.3 is 10.4 Å². The highest BCUT2D eigenvalue weighted by Gasteiger charge is 2.11. The number of nitrogens with zero attached hydrogens (tertiary/aromatic N) is 2. The van der Waals surface area contributed by atoms with Crippen LogP contribution in [0.4, 0.5) is 0 Å². The highest BCUT2D eigenvalue weighted by Crippen LogP contribution is 2.04. The Kier molecular flexibility index (Phi) is 3.74. The van der Waals surface area contributed by atoms with Crippen molar-refractivity contribution in [2.45, 2.75) is 26.9 Å². The van der Waals surface area contributed by atoms with E-state index in [9.17, 15) is 4.79 Å². The first-order valence-electron chi connectivity index (χ1n) is 4.78. The minimum atomic E-state index is -0.551. The van der Waals surface area contributed by atoms with Gasteiger partial charge in [0.25, 0.3) is 5.91 Å². The fraction of sp³-hybridized carbons (Fsp3) is 0.500. The summed E-state index contributed by atoms with van der Waals surface area (Å²) in [6, 6.07) is 1.68. The zero-order valence-corrected chi connectivity index (χ0v) is 9.11. The van der Waals surface area contributed by atoms with Gasteiger partial charge in [-0.3, -0.25) is 4.79 Å². The van der Waals surface area contributed by atoms with E-state index < -0.39 is 6.10 Å². The highest BCUT2D eigenvalue weighted by atomic mass is 16.3. The van der Waals surface area contributed by atoms with Crippen LogP contribution < -0.4 is 5.32 Å². The Morgan fingerprint density at radius 2 is 2.20 bits per heavy atom. The van der Waals surface area contributed by atoms with Gasteiger partial charge in [-0.2, -0.15) is 10.2 Å². The normalized spacial score (nSPS) is 12.3. The number of hydrogen-bond acceptors (Lipinski definition) is 4. The summed E-state index contributed by atoms with van der Waals surface area (Å²) < 4.78 is 0. The van der Waals surface area contributed by atoms with Crippen molar-refractivity contribution in [3.63, 3.8) is 0 Å². The molecular weight excluding hydrogens is 194 g/mol. The number of rotatable bonds is 3. The molecule has 5 nitrogen and oxygen atoms in total. The molecule has 1 rings (SSSR count). The standard InChI is InChI=1S/C10H15N3O2/c1-6-4-9(8(3)13-12-6)10(15)11-5-7(2)14/h4,7,14H,5H2,1-3H3,(H,11,15)/t7-/m1/s1. The summed E-state index contributed by atoms with van der Waals surface area (Å²) in [7, 11) is 0. The van der Waals surface area contributed by atoms with E-state index in [2.05, 4.69) is 15.5 Å². The second-order valence-electron chi connectivity index (χ2n) is 3.54. The van der Waals surface area contributed by atoms with Crippen molar-refractivity contribution >= 4 is 5.91 Å². The van der Waals surface area contributed by atoms with Crippen LogP contribution in [0.15, 0.2) is 6.07 Å². The molecule has 5 heteroatoms. The van der Waals surface area contributed by atoms with Crippen LogP contribution in [-0.2, 0) is 0 Å². The van der Waals surface area contributed by atoms with Gasteiger partial charge in [0, 0.05) is 6.54 Å². The number of hydrogen-bond donors (Lipinski definition) is 2. The summed E-state index contributed by atoms with van der Waals surface area (Å²) in [4.78, 5) is 11.6.